The quantitative estimate of drug-likeness (QED) is 0.724. The summed E-state index contributed by atoms with van der Waals surface area (Å²) in [7, 11) is 1.56. The fourth-order valence-electron chi connectivity index (χ4n) is 2.92. The molecule has 1 atom stereocenters. The topological polar surface area (TPSA) is 76.7 Å². The predicted octanol–water partition coefficient (Wildman–Crippen LogP) is 2.76. The van der Waals surface area contributed by atoms with E-state index in [0.29, 0.717) is 17.9 Å². The van der Waals surface area contributed by atoms with Gasteiger partial charge in [0.2, 0.25) is 0 Å². The van der Waals surface area contributed by atoms with Crippen molar-refractivity contribution in [2.75, 3.05) is 20.3 Å². The van der Waals surface area contributed by atoms with Crippen LogP contribution in [0.3, 0.4) is 0 Å². The monoisotopic (exact) mass is 380 g/mol. The molecule has 1 aliphatic heterocycles. The summed E-state index contributed by atoms with van der Waals surface area (Å²) in [5.74, 6) is -0.0516. The maximum Gasteiger partial charge on any atom is 0.267 e. The average molecular weight is 380 g/mol. The molecule has 2 aromatic rings. The molecule has 0 radical (unpaired) electrons. The summed E-state index contributed by atoms with van der Waals surface area (Å²) >= 11 is 0. The highest BCUT2D eigenvalue weighted by atomic mass is 16.5. The van der Waals surface area contributed by atoms with E-state index >= 15 is 0 Å². The Balaban J connectivity index is 1.73. The minimum Gasteiger partial charge on any atom is -0.497 e. The minimum atomic E-state index is -0.364. The van der Waals surface area contributed by atoms with Gasteiger partial charge in [0.15, 0.2) is 0 Å². The van der Waals surface area contributed by atoms with Crippen LogP contribution in [0.4, 0.5) is 0 Å². The van der Waals surface area contributed by atoms with E-state index in [2.05, 4.69) is 10.6 Å². The third kappa shape index (κ3) is 5.44. The number of rotatable bonds is 7. The van der Waals surface area contributed by atoms with Gasteiger partial charge in [0, 0.05) is 18.7 Å². The van der Waals surface area contributed by atoms with E-state index < -0.39 is 0 Å². The highest BCUT2D eigenvalue weighted by Crippen LogP contribution is 2.13. The molecule has 1 fully saturated rings. The van der Waals surface area contributed by atoms with Crippen LogP contribution in [-0.2, 0) is 9.53 Å². The van der Waals surface area contributed by atoms with Gasteiger partial charge in [-0.25, -0.2) is 0 Å². The van der Waals surface area contributed by atoms with Gasteiger partial charge < -0.3 is 20.1 Å². The molecule has 2 amide bonds. The van der Waals surface area contributed by atoms with Crippen LogP contribution in [0.15, 0.2) is 60.3 Å². The first kappa shape index (κ1) is 19.6. The normalized spacial score (nSPS) is 16.5. The number of carbonyl (C=O) groups is 2. The summed E-state index contributed by atoms with van der Waals surface area (Å²) in [6.45, 7) is 1.14. The molecule has 0 saturated carbocycles. The van der Waals surface area contributed by atoms with Gasteiger partial charge in [-0.05, 0) is 48.7 Å². The van der Waals surface area contributed by atoms with Gasteiger partial charge >= 0.3 is 0 Å². The van der Waals surface area contributed by atoms with E-state index in [1.165, 1.54) is 0 Å². The molecule has 1 saturated heterocycles. The Labute approximate surface area is 164 Å². The van der Waals surface area contributed by atoms with Crippen LogP contribution in [0.25, 0.3) is 6.08 Å². The molecule has 0 bridgehead atoms. The van der Waals surface area contributed by atoms with Crippen molar-refractivity contribution in [3.63, 3.8) is 0 Å². The Kier molecular flexibility index (Phi) is 6.81. The molecular formula is C22H24N2O4. The van der Waals surface area contributed by atoms with Crippen LogP contribution in [0.5, 0.6) is 5.75 Å². The van der Waals surface area contributed by atoms with Crippen molar-refractivity contribution < 1.29 is 19.1 Å². The van der Waals surface area contributed by atoms with Crippen molar-refractivity contribution in [2.24, 2.45) is 0 Å². The van der Waals surface area contributed by atoms with E-state index in [1.807, 2.05) is 30.3 Å². The third-order valence-electron chi connectivity index (χ3n) is 4.47. The predicted molar refractivity (Wildman–Crippen MR) is 107 cm³/mol. The van der Waals surface area contributed by atoms with Gasteiger partial charge in [-0.3, -0.25) is 9.59 Å². The van der Waals surface area contributed by atoms with Crippen molar-refractivity contribution in [2.45, 2.75) is 18.9 Å². The van der Waals surface area contributed by atoms with E-state index in [4.69, 9.17) is 9.47 Å². The molecule has 2 N–H and O–H groups in total. The van der Waals surface area contributed by atoms with Crippen LogP contribution in [-0.4, -0.2) is 38.2 Å². The largest absolute Gasteiger partial charge is 0.497 e. The minimum absolute atomic E-state index is 0.0271. The molecular weight excluding hydrogens is 356 g/mol. The Morgan fingerprint density at radius 3 is 2.54 bits per heavy atom. The lowest BCUT2D eigenvalue weighted by Crippen LogP contribution is -2.38. The second-order valence-corrected chi connectivity index (χ2v) is 6.50. The maximum absolute atomic E-state index is 12.7. The first-order valence-electron chi connectivity index (χ1n) is 9.27. The lowest BCUT2D eigenvalue weighted by atomic mass is 10.1. The van der Waals surface area contributed by atoms with Crippen molar-refractivity contribution in [3.8, 4) is 5.75 Å². The van der Waals surface area contributed by atoms with Crippen LogP contribution < -0.4 is 15.4 Å². The number of hydrogen-bond donors (Lipinski definition) is 2. The molecule has 0 aromatic heterocycles. The van der Waals surface area contributed by atoms with Crippen molar-refractivity contribution in [1.29, 1.82) is 0 Å². The Morgan fingerprint density at radius 2 is 1.89 bits per heavy atom. The van der Waals surface area contributed by atoms with Crippen LogP contribution >= 0.6 is 0 Å². The molecule has 1 aliphatic rings. The molecule has 6 nitrogen and oxygen atoms in total. The maximum atomic E-state index is 12.7. The number of nitrogens with one attached hydrogen (secondary N) is 2. The molecule has 0 spiro atoms. The van der Waals surface area contributed by atoms with Gasteiger partial charge in [-0.2, -0.15) is 0 Å². The van der Waals surface area contributed by atoms with Crippen molar-refractivity contribution in [3.05, 3.63) is 71.4 Å². The summed E-state index contributed by atoms with van der Waals surface area (Å²) < 4.78 is 10.6. The van der Waals surface area contributed by atoms with Gasteiger partial charge in [0.25, 0.3) is 11.8 Å². The van der Waals surface area contributed by atoms with Crippen LogP contribution in [0.2, 0.25) is 0 Å². The molecule has 2 aromatic carbocycles. The highest BCUT2D eigenvalue weighted by Gasteiger charge is 2.19. The summed E-state index contributed by atoms with van der Waals surface area (Å²) in [4.78, 5) is 25.3. The third-order valence-corrected chi connectivity index (χ3v) is 4.47. The standard InChI is InChI=1S/C22H24N2O4/c1-27-18-11-9-17(10-12-18)21(25)24-20(14-16-6-3-2-4-7-16)22(26)23-15-19-8-5-13-28-19/h2-4,6-7,9-12,14,19H,5,8,13,15H2,1H3,(H,23,26)(H,24,25)/b20-14+. The van der Waals surface area contributed by atoms with Gasteiger partial charge in [0.1, 0.15) is 11.4 Å². The van der Waals surface area contributed by atoms with Gasteiger partial charge in [0.05, 0.1) is 13.2 Å². The van der Waals surface area contributed by atoms with E-state index in [1.54, 1.807) is 37.5 Å². The number of ether oxygens (including phenoxy) is 2. The molecule has 6 heteroatoms. The van der Waals surface area contributed by atoms with E-state index in [9.17, 15) is 9.59 Å². The van der Waals surface area contributed by atoms with Crippen molar-refractivity contribution >= 4 is 17.9 Å². The summed E-state index contributed by atoms with van der Waals surface area (Å²) in [5.41, 5.74) is 1.44. The molecule has 3 rings (SSSR count). The fraction of sp³-hybridized carbons (Fsp3) is 0.273. The zero-order valence-electron chi connectivity index (χ0n) is 15.8. The summed E-state index contributed by atoms with van der Waals surface area (Å²) in [5, 5.41) is 5.58. The Hall–Kier alpha value is -3.12. The second kappa shape index (κ2) is 9.71. The van der Waals surface area contributed by atoms with Gasteiger partial charge in [-0.15, -0.1) is 0 Å². The molecule has 1 unspecified atom stereocenters. The van der Waals surface area contributed by atoms with Crippen LogP contribution in [0.1, 0.15) is 28.8 Å². The summed E-state index contributed by atoms with van der Waals surface area (Å²) in [6.07, 6.45) is 3.61. The lowest BCUT2D eigenvalue weighted by Gasteiger charge is -2.14. The second-order valence-electron chi connectivity index (χ2n) is 6.50. The molecule has 146 valence electrons. The fourth-order valence-corrected chi connectivity index (χ4v) is 2.92. The lowest BCUT2D eigenvalue weighted by molar-refractivity contribution is -0.118. The SMILES string of the molecule is COc1ccc(C(=O)N/C(=C/c2ccccc2)C(=O)NCC2CCCO2)cc1. The Bertz CT molecular complexity index is 825. The molecule has 1 heterocycles. The number of amides is 2. The molecule has 28 heavy (non-hydrogen) atoms. The Morgan fingerprint density at radius 1 is 1.14 bits per heavy atom. The van der Waals surface area contributed by atoms with Crippen molar-refractivity contribution in [1.82, 2.24) is 10.6 Å². The van der Waals surface area contributed by atoms with Crippen LogP contribution in [0, 0.1) is 0 Å². The average Bonchev–Trinajstić information content (AvgIpc) is 3.26. The number of benzene rings is 2. The number of hydrogen-bond acceptors (Lipinski definition) is 4. The van der Waals surface area contributed by atoms with E-state index in [-0.39, 0.29) is 23.6 Å². The molecule has 0 aliphatic carbocycles. The first-order valence-corrected chi connectivity index (χ1v) is 9.27. The number of methoxy groups -OCH3 is 1. The summed E-state index contributed by atoms with van der Waals surface area (Å²) in [6, 6.07) is 16.1. The highest BCUT2D eigenvalue weighted by molar-refractivity contribution is 6.05. The first-order chi connectivity index (χ1) is 13.7. The van der Waals surface area contributed by atoms with Gasteiger partial charge in [-0.1, -0.05) is 30.3 Å². The zero-order valence-corrected chi connectivity index (χ0v) is 15.8. The smallest absolute Gasteiger partial charge is 0.267 e. The number of carbonyl (C=O) groups excluding carboxylic acids is 2. The van der Waals surface area contributed by atoms with E-state index in [0.717, 1.165) is 25.0 Å². The zero-order chi connectivity index (χ0) is 19.8.